The maximum atomic E-state index is 8.24. The van der Waals surface area contributed by atoms with E-state index >= 15 is 0 Å². The zero-order valence-electron chi connectivity index (χ0n) is 6.11. The van der Waals surface area contributed by atoms with Crippen LogP contribution in [0.1, 0.15) is 0 Å². The molecule has 0 atom stereocenters. The molecule has 0 amide bonds. The molecule has 0 heterocycles. The molecule has 11 heavy (non-hydrogen) atoms. The molecule has 0 bridgehead atoms. The molecule has 0 fully saturated rings. The minimum absolute atomic E-state index is 0. The molecule has 0 spiro atoms. The maximum absolute atomic E-state index is 8.24. The molecule has 48 valence electrons. The second-order valence-corrected chi connectivity index (χ2v) is 0.283. The van der Waals surface area contributed by atoms with E-state index in [4.69, 9.17) is 30.8 Å². The maximum Gasteiger partial charge on any atom is 1.00 e. The van der Waals surface area contributed by atoms with Gasteiger partial charge in [0, 0.05) is 0 Å². The molecule has 0 radical (unpaired) electrons. The van der Waals surface area contributed by atoms with Crippen LogP contribution in [-0.4, -0.2) is 17.3 Å². The zero-order valence-corrected chi connectivity index (χ0v) is 10.1. The molecular weight excluding hydrogens is 172 g/mol. The summed E-state index contributed by atoms with van der Waals surface area (Å²) in [7, 11) is 0. The van der Waals surface area contributed by atoms with E-state index in [0.29, 0.717) is 12.2 Å². The van der Waals surface area contributed by atoms with Gasteiger partial charge in [-0.1, -0.05) is 0 Å². The predicted molar refractivity (Wildman–Crippen MR) is 25.7 cm³/mol. The number of rotatable bonds is 0. The van der Waals surface area contributed by atoms with E-state index in [-0.39, 0.29) is 59.1 Å². The Kier molecular flexibility index (Phi) is 245. The average molecular weight is 173 g/mol. The Labute approximate surface area is 107 Å². The average Bonchev–Trinajstić information content (AvgIpc) is 1.70. The Balaban J connectivity index is -0.0000000150. The molecule has 0 saturated carbocycles. The van der Waals surface area contributed by atoms with Gasteiger partial charge in [0.1, 0.15) is 0 Å². The van der Waals surface area contributed by atoms with Crippen molar-refractivity contribution in [3.63, 3.8) is 0 Å². The number of aliphatic hydroxyl groups is 1. The number of nitriles is 1. The summed E-state index contributed by atoms with van der Waals surface area (Å²) in [6.07, 6.45) is 1.75. The summed E-state index contributed by atoms with van der Waals surface area (Å²) < 4.78 is 0. The SMILES string of the molecule is N#CO.[N-]=C=O.[N-]=C=O.[Na+].[Na+]. The van der Waals surface area contributed by atoms with Crippen LogP contribution in [0.4, 0.5) is 0 Å². The molecule has 0 saturated heterocycles. The number of hydrogen-bond donors (Lipinski definition) is 1. The van der Waals surface area contributed by atoms with Gasteiger partial charge in [-0.15, -0.1) is 0 Å². The van der Waals surface area contributed by atoms with E-state index in [1.807, 2.05) is 0 Å². The summed E-state index contributed by atoms with van der Waals surface area (Å²) in [6, 6.07) is 0. The summed E-state index contributed by atoms with van der Waals surface area (Å²) in [4.78, 5) is 16.5. The van der Waals surface area contributed by atoms with Crippen LogP contribution in [0.3, 0.4) is 0 Å². The summed E-state index contributed by atoms with van der Waals surface area (Å²) in [5.41, 5.74) is 0. The Hall–Kier alpha value is 0.0500. The zero-order chi connectivity index (χ0) is 8.12. The Bertz CT molecular complexity index is 130. The smallest absolute Gasteiger partial charge is 0.724 e. The largest absolute Gasteiger partial charge is 1.00 e. The van der Waals surface area contributed by atoms with Gasteiger partial charge >= 0.3 is 59.1 Å². The molecule has 0 rings (SSSR count). The first-order valence-electron chi connectivity index (χ1n) is 1.30. The monoisotopic (exact) mass is 173 g/mol. The first kappa shape index (κ1) is 30.5. The van der Waals surface area contributed by atoms with Crippen LogP contribution in [0.2, 0.25) is 0 Å². The van der Waals surface area contributed by atoms with E-state index in [2.05, 4.69) is 0 Å². The standard InChI is InChI=1S/CHNO.2CNO.2Na/c3*2-1-3;;/h3H;;;;/q;2*-1;2*+1. The van der Waals surface area contributed by atoms with Crippen molar-refractivity contribution >= 4 is 12.2 Å². The van der Waals surface area contributed by atoms with Gasteiger partial charge < -0.3 is 15.9 Å². The van der Waals surface area contributed by atoms with Gasteiger partial charge in [0.15, 0.2) is 0 Å². The molecule has 0 aliphatic heterocycles. The minimum Gasteiger partial charge on any atom is -0.724 e. The van der Waals surface area contributed by atoms with Crippen LogP contribution in [0.5, 0.6) is 0 Å². The summed E-state index contributed by atoms with van der Waals surface area (Å²) >= 11 is 0. The van der Waals surface area contributed by atoms with Crippen molar-refractivity contribution in [1.29, 1.82) is 5.26 Å². The van der Waals surface area contributed by atoms with Crippen LogP contribution in [0, 0.1) is 11.5 Å². The summed E-state index contributed by atoms with van der Waals surface area (Å²) in [5.74, 6) is 0. The molecule has 0 aliphatic carbocycles. The summed E-state index contributed by atoms with van der Waals surface area (Å²) in [6.45, 7) is 0. The van der Waals surface area contributed by atoms with Gasteiger partial charge in [-0.3, -0.25) is 9.59 Å². The number of isocyanates is 2. The van der Waals surface area contributed by atoms with E-state index in [1.54, 1.807) is 0 Å². The normalized spacial score (nSPS) is 2.09. The molecule has 8 heteroatoms. The molecule has 6 nitrogen and oxygen atoms in total. The van der Waals surface area contributed by atoms with Crippen molar-refractivity contribution < 1.29 is 73.8 Å². The molecular formula is C3HN3Na2O3. The molecule has 1 N–H and O–H groups in total. The van der Waals surface area contributed by atoms with Gasteiger partial charge in [-0.05, 0) is 12.2 Å². The third-order valence-electron chi connectivity index (χ3n) is 0. The van der Waals surface area contributed by atoms with Crippen LogP contribution in [0.15, 0.2) is 0 Å². The number of nitrogens with zero attached hydrogens (tertiary/aromatic N) is 3. The van der Waals surface area contributed by atoms with Gasteiger partial charge in [-0.25, -0.2) is 0 Å². The Morgan fingerprint density at radius 3 is 1.09 bits per heavy atom. The van der Waals surface area contributed by atoms with E-state index in [1.165, 1.54) is 0 Å². The number of carbonyl (C=O) groups excluding carboxylic acids is 2. The molecule has 0 aromatic carbocycles. The fourth-order valence-corrected chi connectivity index (χ4v) is 0. The second-order valence-electron chi connectivity index (χ2n) is 0.283. The van der Waals surface area contributed by atoms with Crippen LogP contribution in [-0.2, 0) is 9.59 Å². The molecule has 0 aliphatic rings. The van der Waals surface area contributed by atoms with Gasteiger partial charge in [0.05, 0.1) is 0 Å². The van der Waals surface area contributed by atoms with Gasteiger partial charge in [0.25, 0.3) is 6.26 Å². The van der Waals surface area contributed by atoms with Crippen molar-refractivity contribution in [2.24, 2.45) is 0 Å². The summed E-state index contributed by atoms with van der Waals surface area (Å²) in [5, 5.41) is 27.3. The topological polar surface area (TPSA) is 123 Å². The fourth-order valence-electron chi connectivity index (χ4n) is 0. The van der Waals surface area contributed by atoms with Crippen molar-refractivity contribution in [1.82, 2.24) is 0 Å². The van der Waals surface area contributed by atoms with Crippen molar-refractivity contribution in [2.75, 3.05) is 0 Å². The molecule has 0 aromatic rings. The molecule has 0 unspecified atom stereocenters. The molecule has 0 aromatic heterocycles. The van der Waals surface area contributed by atoms with Crippen molar-refractivity contribution in [2.45, 2.75) is 0 Å². The van der Waals surface area contributed by atoms with E-state index in [9.17, 15) is 0 Å². The second kappa shape index (κ2) is 88.5. The number of hydrogen-bond acceptors (Lipinski definition) is 4. The Morgan fingerprint density at radius 1 is 1.09 bits per heavy atom. The minimum atomic E-state index is 0. The first-order chi connectivity index (χ1) is 4.24. The van der Waals surface area contributed by atoms with Gasteiger partial charge in [-0.2, -0.15) is 5.26 Å². The van der Waals surface area contributed by atoms with Crippen LogP contribution in [0.25, 0.3) is 10.8 Å². The first-order valence-corrected chi connectivity index (χ1v) is 1.30. The van der Waals surface area contributed by atoms with Crippen LogP contribution >= 0.6 is 0 Å². The fraction of sp³-hybridized carbons (Fsp3) is 0. The van der Waals surface area contributed by atoms with Crippen molar-refractivity contribution in [3.8, 4) is 6.26 Å². The van der Waals surface area contributed by atoms with Crippen molar-refractivity contribution in [3.05, 3.63) is 10.8 Å². The van der Waals surface area contributed by atoms with Crippen LogP contribution < -0.4 is 59.1 Å². The van der Waals surface area contributed by atoms with Gasteiger partial charge in [0.2, 0.25) is 0 Å². The van der Waals surface area contributed by atoms with E-state index in [0.717, 1.165) is 6.26 Å². The third kappa shape index (κ3) is 261000. The van der Waals surface area contributed by atoms with E-state index < -0.39 is 0 Å². The predicted octanol–water partition coefficient (Wildman–Crippen LogP) is -6.37. The Morgan fingerprint density at radius 2 is 1.09 bits per heavy atom. The third-order valence-corrected chi connectivity index (χ3v) is 0. The number of aliphatic hydroxyl groups excluding tert-OH is 1. The quantitative estimate of drug-likeness (QED) is 0.169.